The Morgan fingerprint density at radius 2 is 1.72 bits per heavy atom. The molecular weight excluding hydrogens is 530 g/mol. The topological polar surface area (TPSA) is 17.1 Å². The lowest BCUT2D eigenvalue weighted by Crippen LogP contribution is -2.24. The van der Waals surface area contributed by atoms with Crippen molar-refractivity contribution in [1.82, 2.24) is 0 Å². The van der Waals surface area contributed by atoms with Crippen LogP contribution in [0.4, 0.5) is 26.3 Å². The number of alkyl halides is 8. The van der Waals surface area contributed by atoms with Crippen molar-refractivity contribution in [2.75, 3.05) is 0 Å². The summed E-state index contributed by atoms with van der Waals surface area (Å²) in [4.78, 5) is 12.6. The Balaban J connectivity index is 1.90. The number of aryl methyl sites for hydroxylation is 1. The maximum absolute atomic E-state index is 13.6. The van der Waals surface area contributed by atoms with Crippen molar-refractivity contribution in [3.05, 3.63) is 70.3 Å². The summed E-state index contributed by atoms with van der Waals surface area (Å²) in [6, 6.07) is 7.72. The molecule has 0 aliphatic heterocycles. The molecule has 0 radical (unpaired) electrons. The predicted octanol–water partition coefficient (Wildman–Crippen LogP) is 7.51. The van der Waals surface area contributed by atoms with E-state index in [0.29, 0.717) is 18.6 Å². The lowest BCUT2D eigenvalue weighted by atomic mass is 9.89. The number of halogens is 8. The van der Waals surface area contributed by atoms with E-state index < -0.39 is 44.8 Å². The smallest absolute Gasteiger partial charge is 0.294 e. The SMILES string of the molecule is O=C(C[C@@H](c1cccc(C(F)(F)F)c1)C(F)(F)F)c1ccc2c(c1)CCC2(Br)Br. The first-order valence-electron chi connectivity index (χ1n) is 8.57. The summed E-state index contributed by atoms with van der Waals surface area (Å²) in [5.74, 6) is -3.09. The molecule has 2 aromatic rings. The highest BCUT2D eigenvalue weighted by Crippen LogP contribution is 2.49. The number of carbonyl (C=O) groups excluding carboxylic acids is 1. The molecule has 0 spiro atoms. The van der Waals surface area contributed by atoms with E-state index in [9.17, 15) is 31.1 Å². The molecule has 2 aromatic carbocycles. The summed E-state index contributed by atoms with van der Waals surface area (Å²) in [7, 11) is 0. The van der Waals surface area contributed by atoms with Crippen LogP contribution in [0.5, 0.6) is 0 Å². The second-order valence-electron chi connectivity index (χ2n) is 6.92. The van der Waals surface area contributed by atoms with Crippen LogP contribution in [-0.2, 0) is 15.8 Å². The highest BCUT2D eigenvalue weighted by molar-refractivity contribution is 9.24. The van der Waals surface area contributed by atoms with E-state index in [-0.39, 0.29) is 5.56 Å². The van der Waals surface area contributed by atoms with Gasteiger partial charge in [-0.25, -0.2) is 0 Å². The van der Waals surface area contributed by atoms with Crippen LogP contribution in [0.15, 0.2) is 42.5 Å². The van der Waals surface area contributed by atoms with E-state index in [4.69, 9.17) is 0 Å². The first-order valence-corrected chi connectivity index (χ1v) is 10.2. The molecule has 3 rings (SSSR count). The molecule has 0 N–H and O–H groups in total. The first-order chi connectivity index (χ1) is 13.3. The second-order valence-corrected chi connectivity index (χ2v) is 10.7. The van der Waals surface area contributed by atoms with Crippen LogP contribution in [0.2, 0.25) is 0 Å². The molecule has 0 amide bonds. The van der Waals surface area contributed by atoms with E-state index in [2.05, 4.69) is 31.9 Å². The highest BCUT2D eigenvalue weighted by Gasteiger charge is 2.43. The second kappa shape index (κ2) is 7.72. The molecule has 1 atom stereocenters. The lowest BCUT2D eigenvalue weighted by Gasteiger charge is -2.21. The average Bonchev–Trinajstić information content (AvgIpc) is 2.92. The molecule has 1 nitrogen and oxygen atoms in total. The Morgan fingerprint density at radius 3 is 2.34 bits per heavy atom. The van der Waals surface area contributed by atoms with Gasteiger partial charge in [0.25, 0.3) is 0 Å². The molecule has 0 bridgehead atoms. The van der Waals surface area contributed by atoms with Crippen LogP contribution >= 0.6 is 31.9 Å². The van der Waals surface area contributed by atoms with Gasteiger partial charge in [0, 0.05) is 12.0 Å². The Kier molecular flexibility index (Phi) is 5.95. The molecule has 0 saturated heterocycles. The monoisotopic (exact) mass is 542 g/mol. The maximum atomic E-state index is 13.6. The number of ketones is 1. The number of hydrogen-bond donors (Lipinski definition) is 0. The molecule has 0 saturated carbocycles. The largest absolute Gasteiger partial charge is 0.416 e. The maximum Gasteiger partial charge on any atom is 0.416 e. The van der Waals surface area contributed by atoms with Gasteiger partial charge in [-0.05, 0) is 41.7 Å². The quantitative estimate of drug-likeness (QED) is 0.221. The predicted molar refractivity (Wildman–Crippen MR) is 103 cm³/mol. The highest BCUT2D eigenvalue weighted by atomic mass is 79.9. The zero-order valence-electron chi connectivity index (χ0n) is 14.7. The zero-order valence-corrected chi connectivity index (χ0v) is 17.8. The molecule has 156 valence electrons. The van der Waals surface area contributed by atoms with E-state index in [1.165, 1.54) is 6.07 Å². The van der Waals surface area contributed by atoms with Gasteiger partial charge in [-0.1, -0.05) is 62.2 Å². The minimum absolute atomic E-state index is 0.114. The van der Waals surface area contributed by atoms with Crippen LogP contribution in [0, 0.1) is 0 Å². The molecule has 0 unspecified atom stereocenters. The van der Waals surface area contributed by atoms with Crippen LogP contribution in [-0.4, -0.2) is 12.0 Å². The zero-order chi connectivity index (χ0) is 21.6. The van der Waals surface area contributed by atoms with Crippen LogP contribution < -0.4 is 0 Å². The number of rotatable bonds is 4. The van der Waals surface area contributed by atoms with Crippen LogP contribution in [0.25, 0.3) is 0 Å². The number of hydrogen-bond acceptors (Lipinski definition) is 1. The third-order valence-electron chi connectivity index (χ3n) is 4.93. The molecule has 0 aromatic heterocycles. The standard InChI is InChI=1S/C20H14Br2F6O/c21-18(22)7-6-12-8-13(4-5-15(12)18)17(29)10-16(20(26,27)28)11-2-1-3-14(9-11)19(23,24)25/h1-5,8-9,16H,6-7,10H2/t16-/m0/s1. The van der Waals surface area contributed by atoms with Gasteiger partial charge >= 0.3 is 12.4 Å². The third kappa shape index (κ3) is 4.87. The van der Waals surface area contributed by atoms with Crippen molar-refractivity contribution in [3.8, 4) is 0 Å². The summed E-state index contributed by atoms with van der Waals surface area (Å²) in [6.07, 6.45) is -9.23. The molecular formula is C20H14Br2F6O. The minimum Gasteiger partial charge on any atom is -0.294 e. The Labute approximate surface area is 179 Å². The third-order valence-corrected chi connectivity index (χ3v) is 6.58. The molecule has 29 heavy (non-hydrogen) atoms. The molecule has 0 fully saturated rings. The number of benzene rings is 2. The van der Waals surface area contributed by atoms with E-state index >= 15 is 0 Å². The van der Waals surface area contributed by atoms with Crippen molar-refractivity contribution in [3.63, 3.8) is 0 Å². The fraction of sp³-hybridized carbons (Fsp3) is 0.350. The van der Waals surface area contributed by atoms with Gasteiger partial charge in [0.15, 0.2) is 5.78 Å². The lowest BCUT2D eigenvalue weighted by molar-refractivity contribution is -0.150. The van der Waals surface area contributed by atoms with Gasteiger partial charge in [0.1, 0.15) is 3.23 Å². The normalized spacial score (nSPS) is 17.1. The van der Waals surface area contributed by atoms with Gasteiger partial charge in [0.05, 0.1) is 11.5 Å². The molecule has 1 aliphatic rings. The number of fused-ring (bicyclic) bond motifs is 1. The minimum atomic E-state index is -4.86. The summed E-state index contributed by atoms with van der Waals surface area (Å²) < 4.78 is 79.0. The van der Waals surface area contributed by atoms with Gasteiger partial charge in [-0.3, -0.25) is 4.79 Å². The van der Waals surface area contributed by atoms with Crippen molar-refractivity contribution >= 4 is 37.6 Å². The first kappa shape index (κ1) is 22.3. The summed E-state index contributed by atoms with van der Waals surface area (Å²) >= 11 is 7.03. The van der Waals surface area contributed by atoms with Crippen molar-refractivity contribution in [1.29, 1.82) is 0 Å². The Bertz CT molecular complexity index is 933. The molecule has 9 heteroatoms. The van der Waals surface area contributed by atoms with E-state index in [0.717, 1.165) is 29.7 Å². The van der Waals surface area contributed by atoms with E-state index in [1.54, 1.807) is 12.1 Å². The summed E-state index contributed by atoms with van der Waals surface area (Å²) in [5, 5.41) is 0. The number of Topliss-reactive ketones (excluding diaryl/α,β-unsaturated/α-hetero) is 1. The van der Waals surface area contributed by atoms with Crippen molar-refractivity contribution < 1.29 is 31.1 Å². The number of carbonyl (C=O) groups is 1. The Morgan fingerprint density at radius 1 is 1.03 bits per heavy atom. The average molecular weight is 544 g/mol. The van der Waals surface area contributed by atoms with Crippen molar-refractivity contribution in [2.24, 2.45) is 0 Å². The molecule has 0 heterocycles. The Hall–Kier alpha value is -1.35. The van der Waals surface area contributed by atoms with Crippen molar-refractivity contribution in [2.45, 2.75) is 40.8 Å². The van der Waals surface area contributed by atoms with E-state index in [1.807, 2.05) is 0 Å². The fourth-order valence-corrected chi connectivity index (χ4v) is 4.58. The van der Waals surface area contributed by atoms with Gasteiger partial charge in [0.2, 0.25) is 0 Å². The molecule has 1 aliphatic carbocycles. The fourth-order valence-electron chi connectivity index (χ4n) is 3.41. The van der Waals surface area contributed by atoms with Gasteiger partial charge in [-0.2, -0.15) is 26.3 Å². The summed E-state index contributed by atoms with van der Waals surface area (Å²) in [6.45, 7) is 0. The van der Waals surface area contributed by atoms with Gasteiger partial charge in [-0.15, -0.1) is 0 Å². The van der Waals surface area contributed by atoms with Gasteiger partial charge < -0.3 is 0 Å². The van der Waals surface area contributed by atoms with Crippen LogP contribution in [0.1, 0.15) is 51.4 Å². The summed E-state index contributed by atoms with van der Waals surface area (Å²) in [5.41, 5.74) is 0.0937. The van der Waals surface area contributed by atoms with Crippen LogP contribution in [0.3, 0.4) is 0 Å².